The summed E-state index contributed by atoms with van der Waals surface area (Å²) in [4.78, 5) is 4.28. The standard InChI is InChI=1S/C12H13N3O2.ClH/c1-2-4-9(5-3-1)16-8-11-14-12(17-15-11)10-6-7-13-10;/h1-5,10,13H,6-8H2;1H/t10-;/m1./s1. The van der Waals surface area contributed by atoms with Gasteiger partial charge in [-0.05, 0) is 25.1 Å². The number of ether oxygens (including phenoxy) is 1. The fourth-order valence-corrected chi connectivity index (χ4v) is 1.63. The predicted molar refractivity (Wildman–Crippen MR) is 67.7 cm³/mol. The van der Waals surface area contributed by atoms with Crippen molar-refractivity contribution in [1.82, 2.24) is 15.5 Å². The molecule has 0 amide bonds. The highest BCUT2D eigenvalue weighted by Gasteiger charge is 2.24. The van der Waals surface area contributed by atoms with E-state index in [0.717, 1.165) is 18.7 Å². The van der Waals surface area contributed by atoms with E-state index in [1.54, 1.807) is 0 Å². The van der Waals surface area contributed by atoms with Crippen molar-refractivity contribution in [2.75, 3.05) is 6.54 Å². The molecular formula is C12H14ClN3O2. The van der Waals surface area contributed by atoms with Gasteiger partial charge in [0.2, 0.25) is 11.7 Å². The number of para-hydroxylation sites is 1. The lowest BCUT2D eigenvalue weighted by Crippen LogP contribution is -2.35. The number of hydrogen-bond donors (Lipinski definition) is 1. The van der Waals surface area contributed by atoms with Crippen LogP contribution in [0.4, 0.5) is 0 Å². The van der Waals surface area contributed by atoms with E-state index in [4.69, 9.17) is 9.26 Å². The highest BCUT2D eigenvalue weighted by molar-refractivity contribution is 5.85. The maximum atomic E-state index is 5.53. The van der Waals surface area contributed by atoms with Crippen molar-refractivity contribution in [3.8, 4) is 5.75 Å². The Morgan fingerprint density at radius 2 is 2.11 bits per heavy atom. The van der Waals surface area contributed by atoms with Crippen LogP contribution >= 0.6 is 12.4 Å². The maximum absolute atomic E-state index is 5.53. The number of halogens is 1. The number of hydrogen-bond acceptors (Lipinski definition) is 5. The molecule has 1 N–H and O–H groups in total. The fourth-order valence-electron chi connectivity index (χ4n) is 1.63. The normalized spacial score (nSPS) is 17.7. The van der Waals surface area contributed by atoms with Crippen LogP contribution in [0.1, 0.15) is 24.2 Å². The number of aromatic nitrogens is 2. The van der Waals surface area contributed by atoms with Crippen LogP contribution in [0.5, 0.6) is 5.75 Å². The Kier molecular flexibility index (Phi) is 4.17. The maximum Gasteiger partial charge on any atom is 0.243 e. The summed E-state index contributed by atoms with van der Waals surface area (Å²) in [7, 11) is 0. The van der Waals surface area contributed by atoms with Gasteiger partial charge in [0, 0.05) is 0 Å². The molecule has 18 heavy (non-hydrogen) atoms. The fraction of sp³-hybridized carbons (Fsp3) is 0.333. The second-order valence-electron chi connectivity index (χ2n) is 3.95. The van der Waals surface area contributed by atoms with Crippen LogP contribution in [0.2, 0.25) is 0 Å². The van der Waals surface area contributed by atoms with Crippen molar-refractivity contribution in [3.05, 3.63) is 42.0 Å². The van der Waals surface area contributed by atoms with E-state index >= 15 is 0 Å². The van der Waals surface area contributed by atoms with Gasteiger partial charge in [-0.15, -0.1) is 12.4 Å². The molecule has 6 heteroatoms. The van der Waals surface area contributed by atoms with Gasteiger partial charge in [-0.2, -0.15) is 4.98 Å². The average molecular weight is 268 g/mol. The highest BCUT2D eigenvalue weighted by Crippen LogP contribution is 2.20. The second-order valence-corrected chi connectivity index (χ2v) is 3.95. The van der Waals surface area contributed by atoms with E-state index in [1.165, 1.54) is 0 Å². The summed E-state index contributed by atoms with van der Waals surface area (Å²) in [6.07, 6.45) is 1.06. The average Bonchev–Trinajstić information content (AvgIpc) is 2.74. The lowest BCUT2D eigenvalue weighted by Gasteiger charge is -2.23. The quantitative estimate of drug-likeness (QED) is 0.919. The van der Waals surface area contributed by atoms with Crippen LogP contribution in [-0.4, -0.2) is 16.7 Å². The zero-order chi connectivity index (χ0) is 11.5. The lowest BCUT2D eigenvalue weighted by molar-refractivity contribution is 0.264. The number of rotatable bonds is 4. The molecular weight excluding hydrogens is 254 g/mol. The lowest BCUT2D eigenvalue weighted by atomic mass is 10.1. The van der Waals surface area contributed by atoms with Gasteiger partial charge in [0.15, 0.2) is 6.61 Å². The molecule has 5 nitrogen and oxygen atoms in total. The van der Waals surface area contributed by atoms with E-state index < -0.39 is 0 Å². The molecule has 0 bridgehead atoms. The molecule has 1 aromatic carbocycles. The molecule has 1 aliphatic rings. The zero-order valence-corrected chi connectivity index (χ0v) is 10.5. The Labute approximate surface area is 111 Å². The van der Waals surface area contributed by atoms with Gasteiger partial charge in [-0.25, -0.2) is 0 Å². The molecule has 0 saturated carbocycles. The summed E-state index contributed by atoms with van der Waals surface area (Å²) in [6.45, 7) is 1.35. The Balaban J connectivity index is 0.00000120. The number of benzene rings is 1. The number of nitrogens with zero attached hydrogens (tertiary/aromatic N) is 2. The molecule has 2 aromatic rings. The first-order valence-electron chi connectivity index (χ1n) is 5.65. The Morgan fingerprint density at radius 3 is 2.78 bits per heavy atom. The third-order valence-corrected chi connectivity index (χ3v) is 2.72. The highest BCUT2D eigenvalue weighted by atomic mass is 35.5. The van der Waals surface area contributed by atoms with E-state index in [0.29, 0.717) is 18.3 Å². The van der Waals surface area contributed by atoms with Crippen LogP contribution in [0, 0.1) is 0 Å². The Morgan fingerprint density at radius 1 is 1.33 bits per heavy atom. The summed E-state index contributed by atoms with van der Waals surface area (Å²) in [6, 6.07) is 9.82. The predicted octanol–water partition coefficient (Wildman–Crippen LogP) is 2.10. The molecule has 1 atom stereocenters. The van der Waals surface area contributed by atoms with E-state index in [-0.39, 0.29) is 18.4 Å². The molecule has 0 unspecified atom stereocenters. The minimum absolute atomic E-state index is 0. The molecule has 2 heterocycles. The molecule has 96 valence electrons. The molecule has 3 rings (SSSR count). The Hall–Kier alpha value is -1.59. The van der Waals surface area contributed by atoms with E-state index in [2.05, 4.69) is 15.5 Å². The van der Waals surface area contributed by atoms with Crippen molar-refractivity contribution in [2.24, 2.45) is 0 Å². The van der Waals surface area contributed by atoms with Crippen LogP contribution in [-0.2, 0) is 6.61 Å². The van der Waals surface area contributed by atoms with Gasteiger partial charge in [0.05, 0.1) is 6.04 Å². The first-order chi connectivity index (χ1) is 8.42. The summed E-state index contributed by atoms with van der Waals surface area (Å²) in [5.74, 6) is 2.04. The van der Waals surface area contributed by atoms with Gasteiger partial charge in [0.25, 0.3) is 0 Å². The zero-order valence-electron chi connectivity index (χ0n) is 9.70. The monoisotopic (exact) mass is 267 g/mol. The van der Waals surface area contributed by atoms with Gasteiger partial charge < -0.3 is 14.6 Å². The van der Waals surface area contributed by atoms with Gasteiger partial charge in [-0.3, -0.25) is 0 Å². The Bertz CT molecular complexity index is 485. The van der Waals surface area contributed by atoms with Gasteiger partial charge >= 0.3 is 0 Å². The topological polar surface area (TPSA) is 60.2 Å². The van der Waals surface area contributed by atoms with Crippen molar-refractivity contribution in [2.45, 2.75) is 19.1 Å². The molecule has 1 fully saturated rings. The summed E-state index contributed by atoms with van der Waals surface area (Å²) in [5.41, 5.74) is 0. The molecule has 0 spiro atoms. The molecule has 1 saturated heterocycles. The number of nitrogens with one attached hydrogen (secondary N) is 1. The van der Waals surface area contributed by atoms with Crippen LogP contribution in [0.25, 0.3) is 0 Å². The minimum Gasteiger partial charge on any atom is -0.485 e. The molecule has 1 aliphatic heterocycles. The van der Waals surface area contributed by atoms with Gasteiger partial charge in [-0.1, -0.05) is 23.4 Å². The van der Waals surface area contributed by atoms with Crippen molar-refractivity contribution in [3.63, 3.8) is 0 Å². The van der Waals surface area contributed by atoms with Crippen molar-refractivity contribution < 1.29 is 9.26 Å². The van der Waals surface area contributed by atoms with Crippen LogP contribution in [0.3, 0.4) is 0 Å². The van der Waals surface area contributed by atoms with Crippen LogP contribution in [0.15, 0.2) is 34.9 Å². The van der Waals surface area contributed by atoms with E-state index in [1.807, 2.05) is 30.3 Å². The SMILES string of the molecule is Cl.c1ccc(OCc2noc([C@H]3CCN3)n2)cc1. The summed E-state index contributed by atoms with van der Waals surface area (Å²) in [5, 5.41) is 7.09. The summed E-state index contributed by atoms with van der Waals surface area (Å²) < 4.78 is 10.7. The molecule has 0 aliphatic carbocycles. The largest absolute Gasteiger partial charge is 0.485 e. The first-order valence-corrected chi connectivity index (χ1v) is 5.65. The molecule has 0 radical (unpaired) electrons. The summed E-state index contributed by atoms with van der Waals surface area (Å²) >= 11 is 0. The van der Waals surface area contributed by atoms with Crippen LogP contribution < -0.4 is 10.1 Å². The second kappa shape index (κ2) is 5.84. The first kappa shape index (κ1) is 12.9. The smallest absolute Gasteiger partial charge is 0.243 e. The minimum atomic E-state index is 0. The third kappa shape index (κ3) is 2.80. The van der Waals surface area contributed by atoms with Crippen molar-refractivity contribution >= 4 is 12.4 Å². The third-order valence-electron chi connectivity index (χ3n) is 2.72. The van der Waals surface area contributed by atoms with Crippen molar-refractivity contribution in [1.29, 1.82) is 0 Å². The van der Waals surface area contributed by atoms with E-state index in [9.17, 15) is 0 Å². The van der Waals surface area contributed by atoms with Gasteiger partial charge in [0.1, 0.15) is 5.75 Å². The molecule has 1 aromatic heterocycles.